The van der Waals surface area contributed by atoms with E-state index in [1.807, 2.05) is 6.92 Å². The Hall–Kier alpha value is -0.570. The highest BCUT2D eigenvalue weighted by molar-refractivity contribution is 5.78. The Morgan fingerprint density at radius 1 is 1.78 bits per heavy atom. The molecule has 0 heterocycles. The Morgan fingerprint density at radius 2 is 2.33 bits per heavy atom. The van der Waals surface area contributed by atoms with E-state index in [4.69, 9.17) is 10.8 Å². The molecule has 0 spiro atoms. The number of hydrogen-bond donors (Lipinski definition) is 2. The molecule has 0 saturated carbocycles. The predicted molar refractivity (Wildman–Crippen MR) is 34.7 cm³/mol. The molecule has 0 unspecified atom stereocenters. The van der Waals surface area contributed by atoms with Gasteiger partial charge in [-0.25, -0.2) is 0 Å². The summed E-state index contributed by atoms with van der Waals surface area (Å²) in [4.78, 5) is 10.2. The summed E-state index contributed by atoms with van der Waals surface area (Å²) in [5, 5.41) is 8.78. The van der Waals surface area contributed by atoms with Gasteiger partial charge in [-0.3, -0.25) is 4.79 Å². The van der Waals surface area contributed by atoms with E-state index in [9.17, 15) is 4.79 Å². The zero-order valence-corrected chi connectivity index (χ0v) is 5.63. The normalized spacial score (nSPS) is 13.1. The van der Waals surface area contributed by atoms with Crippen molar-refractivity contribution < 1.29 is 9.90 Å². The zero-order chi connectivity index (χ0) is 7.28. The lowest BCUT2D eigenvalue weighted by Crippen LogP contribution is -2.27. The number of aliphatic hydroxyl groups excluding tert-OH is 1. The average molecular weight is 131 g/mol. The van der Waals surface area contributed by atoms with Crippen LogP contribution in [0.4, 0.5) is 0 Å². The molecule has 3 heteroatoms. The molecule has 0 rings (SSSR count). The Bertz CT molecular complexity index is 93.1. The third kappa shape index (κ3) is 3.97. The lowest BCUT2D eigenvalue weighted by molar-refractivity contribution is -0.126. The van der Waals surface area contributed by atoms with Gasteiger partial charge in [0.05, 0.1) is 0 Å². The van der Waals surface area contributed by atoms with Crippen LogP contribution in [0.25, 0.3) is 0 Å². The van der Waals surface area contributed by atoms with Gasteiger partial charge in [0.1, 0.15) is 6.10 Å². The van der Waals surface area contributed by atoms with Gasteiger partial charge in [-0.15, -0.1) is 0 Å². The molecule has 54 valence electrons. The van der Waals surface area contributed by atoms with Gasteiger partial charge in [-0.2, -0.15) is 0 Å². The Morgan fingerprint density at radius 3 is 2.67 bits per heavy atom. The maximum absolute atomic E-state index is 10.2. The molecule has 0 radical (unpaired) electrons. The molecule has 0 aliphatic rings. The number of unbranched alkanes of at least 4 members (excludes halogenated alkanes) is 1. The molecule has 0 fully saturated rings. The van der Waals surface area contributed by atoms with Crippen molar-refractivity contribution in [3.8, 4) is 0 Å². The molecule has 0 aromatic carbocycles. The summed E-state index contributed by atoms with van der Waals surface area (Å²) in [6.45, 7) is 1.99. The first kappa shape index (κ1) is 8.43. The van der Waals surface area contributed by atoms with Crippen molar-refractivity contribution in [2.45, 2.75) is 32.3 Å². The summed E-state index contributed by atoms with van der Waals surface area (Å²) < 4.78 is 0. The first-order chi connectivity index (χ1) is 4.18. The largest absolute Gasteiger partial charge is 0.383 e. The second-order valence-corrected chi connectivity index (χ2v) is 2.06. The SMILES string of the molecule is CCCC[C@@H](O)C(N)=O. The van der Waals surface area contributed by atoms with E-state index in [-0.39, 0.29) is 0 Å². The van der Waals surface area contributed by atoms with Crippen molar-refractivity contribution in [2.24, 2.45) is 5.73 Å². The zero-order valence-electron chi connectivity index (χ0n) is 5.63. The van der Waals surface area contributed by atoms with Crippen molar-refractivity contribution >= 4 is 5.91 Å². The summed E-state index contributed by atoms with van der Waals surface area (Å²) in [5.74, 6) is -0.622. The highest BCUT2D eigenvalue weighted by Crippen LogP contribution is 1.98. The van der Waals surface area contributed by atoms with Crippen molar-refractivity contribution in [3.63, 3.8) is 0 Å². The quantitative estimate of drug-likeness (QED) is 0.565. The maximum Gasteiger partial charge on any atom is 0.246 e. The fourth-order valence-corrected chi connectivity index (χ4v) is 0.540. The number of aliphatic hydroxyl groups is 1. The molecule has 0 saturated heterocycles. The standard InChI is InChI=1S/C6H13NO2/c1-2-3-4-5(8)6(7)9/h5,8H,2-4H2,1H3,(H2,7,9)/t5-/m1/s1. The van der Waals surface area contributed by atoms with E-state index >= 15 is 0 Å². The van der Waals surface area contributed by atoms with E-state index in [2.05, 4.69) is 0 Å². The minimum Gasteiger partial charge on any atom is -0.383 e. The number of carbonyl (C=O) groups is 1. The van der Waals surface area contributed by atoms with Crippen molar-refractivity contribution in [1.82, 2.24) is 0 Å². The van der Waals surface area contributed by atoms with Crippen LogP contribution in [0.3, 0.4) is 0 Å². The third-order valence-corrected chi connectivity index (χ3v) is 1.16. The minimum atomic E-state index is -0.940. The van der Waals surface area contributed by atoms with Gasteiger partial charge in [0.25, 0.3) is 0 Å². The highest BCUT2D eigenvalue weighted by atomic mass is 16.3. The fourth-order valence-electron chi connectivity index (χ4n) is 0.540. The molecule has 1 amide bonds. The Balaban J connectivity index is 3.27. The third-order valence-electron chi connectivity index (χ3n) is 1.16. The van der Waals surface area contributed by atoms with Crippen LogP contribution in [0, 0.1) is 0 Å². The average Bonchev–Trinajstić information content (AvgIpc) is 1.82. The van der Waals surface area contributed by atoms with Gasteiger partial charge >= 0.3 is 0 Å². The summed E-state index contributed by atoms with van der Waals surface area (Å²) in [6, 6.07) is 0. The van der Waals surface area contributed by atoms with Crippen LogP contribution in [-0.4, -0.2) is 17.1 Å². The van der Waals surface area contributed by atoms with Crippen LogP contribution < -0.4 is 5.73 Å². The molecule has 3 N–H and O–H groups in total. The number of amides is 1. The van der Waals surface area contributed by atoms with Crippen LogP contribution in [0.15, 0.2) is 0 Å². The van der Waals surface area contributed by atoms with Crippen LogP contribution in [0.2, 0.25) is 0 Å². The van der Waals surface area contributed by atoms with Crippen molar-refractivity contribution in [1.29, 1.82) is 0 Å². The highest BCUT2D eigenvalue weighted by Gasteiger charge is 2.07. The molecular formula is C6H13NO2. The smallest absolute Gasteiger partial charge is 0.246 e. The van der Waals surface area contributed by atoms with Crippen molar-refractivity contribution in [2.75, 3.05) is 0 Å². The van der Waals surface area contributed by atoms with Gasteiger partial charge in [-0.05, 0) is 6.42 Å². The molecular weight excluding hydrogens is 118 g/mol. The summed E-state index contributed by atoms with van der Waals surface area (Å²) in [6.07, 6.45) is 1.38. The molecule has 0 aliphatic heterocycles. The second kappa shape index (κ2) is 4.32. The number of nitrogens with two attached hydrogens (primary N) is 1. The van der Waals surface area contributed by atoms with Crippen LogP contribution in [-0.2, 0) is 4.79 Å². The van der Waals surface area contributed by atoms with Gasteiger partial charge in [-0.1, -0.05) is 19.8 Å². The summed E-state index contributed by atoms with van der Waals surface area (Å²) in [5.41, 5.74) is 4.79. The number of primary amides is 1. The van der Waals surface area contributed by atoms with E-state index < -0.39 is 12.0 Å². The fraction of sp³-hybridized carbons (Fsp3) is 0.833. The first-order valence-electron chi connectivity index (χ1n) is 3.16. The van der Waals surface area contributed by atoms with Crippen LogP contribution in [0.1, 0.15) is 26.2 Å². The molecule has 0 aromatic rings. The van der Waals surface area contributed by atoms with E-state index in [0.717, 1.165) is 12.8 Å². The molecule has 0 bridgehead atoms. The van der Waals surface area contributed by atoms with Gasteiger partial charge < -0.3 is 10.8 Å². The minimum absolute atomic E-state index is 0.492. The Labute approximate surface area is 54.9 Å². The van der Waals surface area contributed by atoms with Gasteiger partial charge in [0, 0.05) is 0 Å². The second-order valence-electron chi connectivity index (χ2n) is 2.06. The van der Waals surface area contributed by atoms with Crippen LogP contribution in [0.5, 0.6) is 0 Å². The number of hydrogen-bond acceptors (Lipinski definition) is 2. The van der Waals surface area contributed by atoms with Crippen LogP contribution >= 0.6 is 0 Å². The maximum atomic E-state index is 10.2. The Kier molecular flexibility index (Phi) is 4.05. The number of carbonyl (C=O) groups excluding carboxylic acids is 1. The van der Waals surface area contributed by atoms with E-state index in [0.29, 0.717) is 6.42 Å². The topological polar surface area (TPSA) is 63.3 Å². The van der Waals surface area contributed by atoms with E-state index in [1.165, 1.54) is 0 Å². The van der Waals surface area contributed by atoms with Gasteiger partial charge in [0.15, 0.2) is 0 Å². The van der Waals surface area contributed by atoms with Gasteiger partial charge in [0.2, 0.25) is 5.91 Å². The lowest BCUT2D eigenvalue weighted by atomic mass is 10.1. The summed E-state index contributed by atoms with van der Waals surface area (Å²) >= 11 is 0. The molecule has 1 atom stereocenters. The first-order valence-corrected chi connectivity index (χ1v) is 3.16. The number of rotatable bonds is 4. The predicted octanol–water partition coefficient (Wildman–Crippen LogP) is 0.0228. The summed E-state index contributed by atoms with van der Waals surface area (Å²) in [7, 11) is 0. The molecule has 9 heavy (non-hydrogen) atoms. The van der Waals surface area contributed by atoms with Crippen molar-refractivity contribution in [3.05, 3.63) is 0 Å². The lowest BCUT2D eigenvalue weighted by Gasteiger charge is -2.02. The molecule has 3 nitrogen and oxygen atoms in total. The molecule has 0 aliphatic carbocycles. The van der Waals surface area contributed by atoms with E-state index in [1.54, 1.807) is 0 Å². The monoisotopic (exact) mass is 131 g/mol. The molecule has 0 aromatic heterocycles.